The van der Waals surface area contributed by atoms with E-state index in [2.05, 4.69) is 12.2 Å². The predicted molar refractivity (Wildman–Crippen MR) is 80.8 cm³/mol. The first kappa shape index (κ1) is 15.7. The molecule has 0 amide bonds. The van der Waals surface area contributed by atoms with Crippen molar-refractivity contribution in [3.8, 4) is 0 Å². The molecule has 1 fully saturated rings. The molecule has 0 aliphatic heterocycles. The maximum atomic E-state index is 13.2. The summed E-state index contributed by atoms with van der Waals surface area (Å²) in [5.41, 5.74) is 0.857. The molecule has 1 N–H and O–H groups in total. The topological polar surface area (TPSA) is 21.3 Å². The van der Waals surface area contributed by atoms with E-state index in [0.717, 1.165) is 31.4 Å². The lowest BCUT2D eigenvalue weighted by Gasteiger charge is -2.37. The molecular weight excluding hydrogens is 277 g/mol. The first-order chi connectivity index (χ1) is 9.61. The number of methoxy groups -OCH3 is 1. The van der Waals surface area contributed by atoms with Gasteiger partial charge in [-0.1, -0.05) is 37.4 Å². The Bertz CT molecular complexity index is 446. The predicted octanol–water partition coefficient (Wildman–Crippen LogP) is 3.96. The lowest BCUT2D eigenvalue weighted by Crippen LogP contribution is -2.51. The van der Waals surface area contributed by atoms with Crippen LogP contribution in [0, 0.1) is 5.82 Å². The van der Waals surface area contributed by atoms with Gasteiger partial charge < -0.3 is 10.1 Å². The van der Waals surface area contributed by atoms with Gasteiger partial charge in [-0.2, -0.15) is 0 Å². The molecule has 1 aromatic rings. The molecule has 1 aromatic carbocycles. The van der Waals surface area contributed by atoms with Gasteiger partial charge in [-0.25, -0.2) is 4.39 Å². The van der Waals surface area contributed by atoms with Crippen LogP contribution in [0.2, 0.25) is 5.02 Å². The Morgan fingerprint density at radius 3 is 2.65 bits per heavy atom. The van der Waals surface area contributed by atoms with E-state index < -0.39 is 0 Å². The van der Waals surface area contributed by atoms with Crippen molar-refractivity contribution in [3.63, 3.8) is 0 Å². The van der Waals surface area contributed by atoms with Crippen LogP contribution in [0.3, 0.4) is 0 Å². The summed E-state index contributed by atoms with van der Waals surface area (Å²) in [4.78, 5) is 0. The average Bonchev–Trinajstić information content (AvgIpc) is 2.91. The summed E-state index contributed by atoms with van der Waals surface area (Å²) in [6, 6.07) is 4.84. The third kappa shape index (κ3) is 3.33. The molecule has 2 nitrogen and oxygen atoms in total. The molecule has 1 aliphatic rings. The van der Waals surface area contributed by atoms with Crippen molar-refractivity contribution in [3.05, 3.63) is 34.6 Å². The summed E-state index contributed by atoms with van der Waals surface area (Å²) in [7, 11) is 1.79. The Kier molecular flexibility index (Phi) is 5.42. The van der Waals surface area contributed by atoms with Gasteiger partial charge in [-0.05, 0) is 43.5 Å². The molecule has 0 radical (unpaired) electrons. The van der Waals surface area contributed by atoms with Gasteiger partial charge in [-0.15, -0.1) is 0 Å². The number of halogens is 2. The summed E-state index contributed by atoms with van der Waals surface area (Å²) >= 11 is 6.16. The van der Waals surface area contributed by atoms with Crippen LogP contribution >= 0.6 is 11.6 Å². The van der Waals surface area contributed by atoms with E-state index in [4.69, 9.17) is 16.3 Å². The molecule has 1 saturated carbocycles. The number of ether oxygens (including phenoxy) is 1. The summed E-state index contributed by atoms with van der Waals surface area (Å²) in [6.45, 7) is 2.98. The van der Waals surface area contributed by atoms with Crippen LogP contribution in [-0.4, -0.2) is 25.3 Å². The summed E-state index contributed by atoms with van der Waals surface area (Å²) in [5.74, 6) is -0.291. The van der Waals surface area contributed by atoms with E-state index in [-0.39, 0.29) is 17.5 Å². The molecule has 1 atom stereocenters. The Morgan fingerprint density at radius 2 is 2.10 bits per heavy atom. The molecular formula is C16H23ClFNO. The number of hydrogen-bond donors (Lipinski definition) is 1. The molecule has 4 heteroatoms. The zero-order chi connectivity index (χ0) is 14.6. The summed E-state index contributed by atoms with van der Waals surface area (Å²) in [5, 5.41) is 4.03. The van der Waals surface area contributed by atoms with Crippen LogP contribution in [0.5, 0.6) is 0 Å². The number of nitrogens with one attached hydrogen (secondary N) is 1. The number of rotatable bonds is 6. The van der Waals surface area contributed by atoms with Gasteiger partial charge in [0.05, 0.1) is 5.60 Å². The Hall–Kier alpha value is -0.640. The van der Waals surface area contributed by atoms with Gasteiger partial charge in [-0.3, -0.25) is 0 Å². The van der Waals surface area contributed by atoms with Crippen molar-refractivity contribution >= 4 is 11.6 Å². The van der Waals surface area contributed by atoms with Crippen molar-refractivity contribution in [2.24, 2.45) is 0 Å². The maximum Gasteiger partial charge on any atom is 0.124 e. The van der Waals surface area contributed by atoms with E-state index >= 15 is 0 Å². The largest absolute Gasteiger partial charge is 0.377 e. The average molecular weight is 300 g/mol. The van der Waals surface area contributed by atoms with Crippen LogP contribution in [0.1, 0.15) is 38.2 Å². The molecule has 0 bridgehead atoms. The number of likely N-dealkylation sites (N-methyl/N-ethyl adjacent to an activating group) is 1. The second-order valence-electron chi connectivity index (χ2n) is 5.53. The molecule has 0 spiro atoms. The van der Waals surface area contributed by atoms with Crippen LogP contribution in [0.15, 0.2) is 18.2 Å². The fourth-order valence-electron chi connectivity index (χ4n) is 3.27. The van der Waals surface area contributed by atoms with E-state index in [0.29, 0.717) is 5.02 Å². The van der Waals surface area contributed by atoms with E-state index in [9.17, 15) is 4.39 Å². The first-order valence-corrected chi connectivity index (χ1v) is 7.71. The smallest absolute Gasteiger partial charge is 0.124 e. The number of hydrogen-bond acceptors (Lipinski definition) is 2. The Labute approximate surface area is 125 Å². The van der Waals surface area contributed by atoms with E-state index in [1.807, 2.05) is 0 Å². The number of benzene rings is 1. The first-order valence-electron chi connectivity index (χ1n) is 7.34. The second kappa shape index (κ2) is 6.88. The maximum absolute atomic E-state index is 13.2. The van der Waals surface area contributed by atoms with E-state index in [1.165, 1.54) is 25.0 Å². The monoisotopic (exact) mass is 299 g/mol. The fourth-order valence-corrected chi connectivity index (χ4v) is 3.51. The normalized spacial score (nSPS) is 19.2. The van der Waals surface area contributed by atoms with Crippen LogP contribution < -0.4 is 5.32 Å². The van der Waals surface area contributed by atoms with E-state index in [1.54, 1.807) is 13.2 Å². The highest BCUT2D eigenvalue weighted by Crippen LogP contribution is 2.37. The minimum Gasteiger partial charge on any atom is -0.377 e. The fraction of sp³-hybridized carbons (Fsp3) is 0.625. The summed E-state index contributed by atoms with van der Waals surface area (Å²) < 4.78 is 19.0. The third-order valence-corrected chi connectivity index (χ3v) is 4.73. The molecule has 1 unspecified atom stereocenters. The quantitative estimate of drug-likeness (QED) is 0.858. The van der Waals surface area contributed by atoms with Crippen molar-refractivity contribution in [1.82, 2.24) is 5.32 Å². The highest BCUT2D eigenvalue weighted by molar-refractivity contribution is 6.31. The molecule has 0 heterocycles. The molecule has 0 aromatic heterocycles. The SMILES string of the molecule is CCNC(Cc1ccc(F)cc1Cl)C1(OC)CCCC1. The lowest BCUT2D eigenvalue weighted by atomic mass is 9.87. The standard InChI is InChI=1S/C16H23ClFNO/c1-3-19-15(16(20-2)8-4-5-9-16)10-12-6-7-13(18)11-14(12)17/h6-7,11,15,19H,3-5,8-10H2,1-2H3. The zero-order valence-electron chi connectivity index (χ0n) is 12.2. The molecule has 2 rings (SSSR count). The van der Waals surface area contributed by atoms with Crippen LogP contribution in [0.25, 0.3) is 0 Å². The van der Waals surface area contributed by atoms with Gasteiger partial charge in [0.25, 0.3) is 0 Å². The Morgan fingerprint density at radius 1 is 1.40 bits per heavy atom. The lowest BCUT2D eigenvalue weighted by molar-refractivity contribution is -0.0351. The van der Waals surface area contributed by atoms with Crippen molar-refractivity contribution in [2.45, 2.75) is 50.7 Å². The van der Waals surface area contributed by atoms with Gasteiger partial charge in [0, 0.05) is 18.2 Å². The second-order valence-corrected chi connectivity index (χ2v) is 5.93. The minimum atomic E-state index is -0.291. The van der Waals surface area contributed by atoms with Crippen LogP contribution in [-0.2, 0) is 11.2 Å². The van der Waals surface area contributed by atoms with Crippen molar-refractivity contribution < 1.29 is 9.13 Å². The molecule has 20 heavy (non-hydrogen) atoms. The molecule has 0 saturated heterocycles. The molecule has 112 valence electrons. The molecule has 1 aliphatic carbocycles. The highest BCUT2D eigenvalue weighted by atomic mass is 35.5. The minimum absolute atomic E-state index is 0.117. The Balaban J connectivity index is 2.20. The van der Waals surface area contributed by atoms with Crippen LogP contribution in [0.4, 0.5) is 4.39 Å². The van der Waals surface area contributed by atoms with Gasteiger partial charge in [0.15, 0.2) is 0 Å². The van der Waals surface area contributed by atoms with Gasteiger partial charge >= 0.3 is 0 Å². The zero-order valence-corrected chi connectivity index (χ0v) is 13.0. The summed E-state index contributed by atoms with van der Waals surface area (Å²) in [6.07, 6.45) is 5.31. The van der Waals surface area contributed by atoms with Gasteiger partial charge in [0.2, 0.25) is 0 Å². The highest BCUT2D eigenvalue weighted by Gasteiger charge is 2.41. The third-order valence-electron chi connectivity index (χ3n) is 4.38. The van der Waals surface area contributed by atoms with Gasteiger partial charge in [0.1, 0.15) is 5.82 Å². The van der Waals surface area contributed by atoms with Crippen molar-refractivity contribution in [2.75, 3.05) is 13.7 Å². The van der Waals surface area contributed by atoms with Crippen molar-refractivity contribution in [1.29, 1.82) is 0 Å².